The summed E-state index contributed by atoms with van der Waals surface area (Å²) in [5, 5.41) is 31.7. The van der Waals surface area contributed by atoms with Gasteiger partial charge < -0.3 is 31.3 Å². The Morgan fingerprint density at radius 1 is 1.13 bits per heavy atom. The number of para-hydroxylation sites is 2. The predicted molar refractivity (Wildman–Crippen MR) is 122 cm³/mol. The van der Waals surface area contributed by atoms with Gasteiger partial charge in [-0.15, -0.1) is 4.91 Å². The SMILES string of the molecule is COc1ccccc1NCCNCCCN(N=O)c1c(N)c(O)c2cccnc2c1O. The van der Waals surface area contributed by atoms with Crippen LogP contribution in [0, 0.1) is 4.91 Å². The van der Waals surface area contributed by atoms with Gasteiger partial charge in [0.25, 0.3) is 0 Å². The Hall–Kier alpha value is -3.79. The Morgan fingerprint density at radius 3 is 2.71 bits per heavy atom. The summed E-state index contributed by atoms with van der Waals surface area (Å²) < 4.78 is 5.29. The van der Waals surface area contributed by atoms with Gasteiger partial charge in [0.05, 0.1) is 18.1 Å². The number of aromatic hydroxyl groups is 2. The normalized spacial score (nSPS) is 10.7. The fourth-order valence-corrected chi connectivity index (χ4v) is 3.29. The molecule has 0 saturated carbocycles. The highest BCUT2D eigenvalue weighted by atomic mass is 16.5. The molecule has 0 radical (unpaired) electrons. The van der Waals surface area contributed by atoms with Crippen molar-refractivity contribution in [1.82, 2.24) is 10.3 Å². The van der Waals surface area contributed by atoms with Gasteiger partial charge in [-0.2, -0.15) is 0 Å². The van der Waals surface area contributed by atoms with Gasteiger partial charge in [-0.1, -0.05) is 12.1 Å². The van der Waals surface area contributed by atoms with Gasteiger partial charge in [0.1, 0.15) is 28.4 Å². The number of hydrogen-bond acceptors (Lipinski definition) is 9. The zero-order valence-electron chi connectivity index (χ0n) is 17.2. The third-order valence-electron chi connectivity index (χ3n) is 4.83. The minimum atomic E-state index is -0.292. The second-order valence-electron chi connectivity index (χ2n) is 6.79. The molecule has 0 fully saturated rings. The number of nitrogens with zero attached hydrogens (tertiary/aromatic N) is 3. The first-order valence-corrected chi connectivity index (χ1v) is 9.85. The standard InChI is InChI=1S/C21H26N6O4/c1-31-16-8-3-2-7-15(16)24-12-11-23-9-5-13-27(26-30)19-17(22)20(28)14-6-4-10-25-18(14)21(19)29/h2-4,6-8,10,23-24,28-29H,5,9,11-13,22H2,1H3. The van der Waals surface area contributed by atoms with Crippen molar-refractivity contribution in [2.24, 2.45) is 5.29 Å². The number of ether oxygens (including phenoxy) is 1. The average Bonchev–Trinajstić information content (AvgIpc) is 2.81. The minimum Gasteiger partial charge on any atom is -0.505 e. The number of rotatable bonds is 11. The van der Waals surface area contributed by atoms with E-state index in [1.54, 1.807) is 19.2 Å². The quantitative estimate of drug-likeness (QED) is 0.0780. The van der Waals surface area contributed by atoms with E-state index in [4.69, 9.17) is 10.5 Å². The highest BCUT2D eigenvalue weighted by Crippen LogP contribution is 2.46. The number of anilines is 3. The van der Waals surface area contributed by atoms with Gasteiger partial charge >= 0.3 is 0 Å². The third-order valence-corrected chi connectivity index (χ3v) is 4.83. The molecule has 0 atom stereocenters. The van der Waals surface area contributed by atoms with E-state index in [1.165, 1.54) is 6.20 Å². The van der Waals surface area contributed by atoms with E-state index in [0.717, 1.165) is 16.4 Å². The number of nitrogen functional groups attached to an aromatic ring is 1. The monoisotopic (exact) mass is 426 g/mol. The number of nitrogens with one attached hydrogen (secondary N) is 2. The van der Waals surface area contributed by atoms with Crippen LogP contribution in [0.25, 0.3) is 10.9 Å². The molecule has 164 valence electrons. The molecule has 2 aromatic carbocycles. The molecule has 10 nitrogen and oxygen atoms in total. The molecule has 0 unspecified atom stereocenters. The number of methoxy groups -OCH3 is 1. The molecule has 3 rings (SSSR count). The number of phenolic OH excluding ortho intramolecular Hbond substituents is 2. The van der Waals surface area contributed by atoms with E-state index in [2.05, 4.69) is 20.9 Å². The predicted octanol–water partition coefficient (Wildman–Crippen LogP) is 2.82. The van der Waals surface area contributed by atoms with Crippen molar-refractivity contribution >= 4 is 28.0 Å². The summed E-state index contributed by atoms with van der Waals surface area (Å²) in [6.07, 6.45) is 2.03. The van der Waals surface area contributed by atoms with Crippen molar-refractivity contribution in [2.45, 2.75) is 6.42 Å². The molecule has 31 heavy (non-hydrogen) atoms. The Bertz CT molecular complexity index is 1050. The molecule has 0 spiro atoms. The summed E-state index contributed by atoms with van der Waals surface area (Å²) in [6, 6.07) is 10.9. The fourth-order valence-electron chi connectivity index (χ4n) is 3.29. The molecule has 0 bridgehead atoms. The lowest BCUT2D eigenvalue weighted by Crippen LogP contribution is -2.27. The van der Waals surface area contributed by atoms with Gasteiger partial charge in [-0.05, 0) is 37.2 Å². The van der Waals surface area contributed by atoms with Crippen LogP contribution in [0.15, 0.2) is 47.9 Å². The number of nitroso groups, excluding NO2 is 1. The van der Waals surface area contributed by atoms with E-state index in [-0.39, 0.29) is 34.9 Å². The summed E-state index contributed by atoms with van der Waals surface area (Å²) in [5.41, 5.74) is 6.87. The van der Waals surface area contributed by atoms with Crippen LogP contribution in [-0.2, 0) is 0 Å². The van der Waals surface area contributed by atoms with Crippen LogP contribution in [0.1, 0.15) is 6.42 Å². The molecule has 1 heterocycles. The van der Waals surface area contributed by atoms with Crippen molar-refractivity contribution in [3.63, 3.8) is 0 Å². The molecule has 0 aliphatic rings. The van der Waals surface area contributed by atoms with Gasteiger partial charge in [0.2, 0.25) is 0 Å². The first-order chi connectivity index (χ1) is 15.1. The Kier molecular flexibility index (Phi) is 7.28. The maximum absolute atomic E-state index is 11.4. The summed E-state index contributed by atoms with van der Waals surface area (Å²) in [4.78, 5) is 15.5. The fraction of sp³-hybridized carbons (Fsp3) is 0.286. The summed E-state index contributed by atoms with van der Waals surface area (Å²) in [5.74, 6) is 0.241. The number of hydrogen-bond donors (Lipinski definition) is 5. The number of benzene rings is 2. The number of pyridine rings is 1. The molecule has 0 amide bonds. The Labute approximate surface area is 179 Å². The average molecular weight is 426 g/mol. The van der Waals surface area contributed by atoms with Crippen LogP contribution >= 0.6 is 0 Å². The Morgan fingerprint density at radius 2 is 1.94 bits per heavy atom. The molecule has 0 saturated heterocycles. The van der Waals surface area contributed by atoms with Crippen LogP contribution in [-0.4, -0.2) is 48.5 Å². The Balaban J connectivity index is 1.53. The van der Waals surface area contributed by atoms with Gasteiger partial charge in [0.15, 0.2) is 5.75 Å². The smallest absolute Gasteiger partial charge is 0.169 e. The van der Waals surface area contributed by atoms with Gasteiger partial charge in [-0.3, -0.25) is 4.98 Å². The van der Waals surface area contributed by atoms with Crippen molar-refractivity contribution < 1.29 is 14.9 Å². The van der Waals surface area contributed by atoms with Crippen molar-refractivity contribution in [3.8, 4) is 17.2 Å². The molecule has 6 N–H and O–H groups in total. The molecule has 0 aliphatic heterocycles. The second kappa shape index (κ2) is 10.3. The molecular formula is C21H26N6O4. The van der Waals surface area contributed by atoms with Crippen LogP contribution < -0.4 is 26.1 Å². The topological polar surface area (TPSA) is 145 Å². The van der Waals surface area contributed by atoms with Crippen LogP contribution in [0.4, 0.5) is 17.1 Å². The molecule has 10 heteroatoms. The molecule has 3 aromatic rings. The third kappa shape index (κ3) is 4.86. The van der Waals surface area contributed by atoms with Crippen molar-refractivity contribution in [1.29, 1.82) is 0 Å². The zero-order chi connectivity index (χ0) is 22.2. The van der Waals surface area contributed by atoms with Crippen molar-refractivity contribution in [3.05, 3.63) is 47.5 Å². The maximum atomic E-state index is 11.4. The number of nitrogens with two attached hydrogens (primary N) is 1. The summed E-state index contributed by atoms with van der Waals surface area (Å²) in [7, 11) is 1.63. The lowest BCUT2D eigenvalue weighted by atomic mass is 10.1. The lowest BCUT2D eigenvalue weighted by molar-refractivity contribution is 0.416. The van der Waals surface area contributed by atoms with Crippen molar-refractivity contribution in [2.75, 3.05) is 49.3 Å². The largest absolute Gasteiger partial charge is 0.505 e. The number of phenols is 2. The second-order valence-corrected chi connectivity index (χ2v) is 6.79. The van der Waals surface area contributed by atoms with E-state index >= 15 is 0 Å². The molecule has 1 aromatic heterocycles. The minimum absolute atomic E-state index is 0.0449. The zero-order valence-corrected chi connectivity index (χ0v) is 17.2. The van der Waals surface area contributed by atoms with Crippen LogP contribution in [0.2, 0.25) is 0 Å². The summed E-state index contributed by atoms with van der Waals surface area (Å²) in [6.45, 7) is 2.19. The lowest BCUT2D eigenvalue weighted by Gasteiger charge is -2.20. The maximum Gasteiger partial charge on any atom is 0.169 e. The van der Waals surface area contributed by atoms with Gasteiger partial charge in [-0.25, -0.2) is 5.01 Å². The van der Waals surface area contributed by atoms with E-state index in [0.29, 0.717) is 31.4 Å². The number of aromatic nitrogens is 1. The molecular weight excluding hydrogens is 400 g/mol. The highest BCUT2D eigenvalue weighted by Gasteiger charge is 2.23. The van der Waals surface area contributed by atoms with E-state index in [9.17, 15) is 15.1 Å². The first kappa shape index (κ1) is 21.9. The highest BCUT2D eigenvalue weighted by molar-refractivity contribution is 6.02. The number of fused-ring (bicyclic) bond motifs is 1. The van der Waals surface area contributed by atoms with E-state index < -0.39 is 0 Å². The first-order valence-electron chi connectivity index (χ1n) is 9.85. The summed E-state index contributed by atoms with van der Waals surface area (Å²) >= 11 is 0. The van der Waals surface area contributed by atoms with Crippen LogP contribution in [0.3, 0.4) is 0 Å². The molecule has 0 aliphatic carbocycles. The van der Waals surface area contributed by atoms with Crippen LogP contribution in [0.5, 0.6) is 17.2 Å². The van der Waals surface area contributed by atoms with E-state index in [1.807, 2.05) is 24.3 Å². The van der Waals surface area contributed by atoms with Gasteiger partial charge in [0, 0.05) is 31.2 Å².